The molecule has 0 spiro atoms. The third kappa shape index (κ3) is 2.33. The van der Waals surface area contributed by atoms with Gasteiger partial charge in [0.1, 0.15) is 6.33 Å². The van der Waals surface area contributed by atoms with Crippen LogP contribution in [-0.2, 0) is 0 Å². The van der Waals surface area contributed by atoms with Crippen molar-refractivity contribution in [1.82, 2.24) is 20.2 Å². The number of aromatic nitrogens is 4. The average molecular weight is 288 g/mol. The molecule has 0 saturated carbocycles. The monoisotopic (exact) mass is 287 g/mol. The molecule has 2 heterocycles. The highest BCUT2D eigenvalue weighted by Gasteiger charge is 2.13. The number of benzene rings is 1. The van der Waals surface area contributed by atoms with Gasteiger partial charge in [0.15, 0.2) is 0 Å². The molecule has 20 heavy (non-hydrogen) atoms. The minimum absolute atomic E-state index is 0.288. The van der Waals surface area contributed by atoms with Crippen LogP contribution in [0.4, 0.5) is 5.95 Å². The first-order chi connectivity index (χ1) is 9.63. The summed E-state index contributed by atoms with van der Waals surface area (Å²) >= 11 is 5.93. The van der Waals surface area contributed by atoms with Gasteiger partial charge in [0, 0.05) is 10.4 Å². The van der Waals surface area contributed by atoms with Crippen molar-refractivity contribution in [1.29, 1.82) is 0 Å². The van der Waals surface area contributed by atoms with Gasteiger partial charge >= 0.3 is 0 Å². The Morgan fingerprint density at radius 2 is 2.20 bits per heavy atom. The summed E-state index contributed by atoms with van der Waals surface area (Å²) in [5.41, 5.74) is 1.86. The van der Waals surface area contributed by atoms with Crippen LogP contribution in [0.2, 0.25) is 5.02 Å². The number of nitrogens with zero attached hydrogens (tertiary/aromatic N) is 3. The van der Waals surface area contributed by atoms with Gasteiger partial charge in [0.05, 0.1) is 16.8 Å². The molecule has 0 bridgehead atoms. The molecule has 0 atom stereocenters. The Balaban J connectivity index is 2.00. The van der Waals surface area contributed by atoms with Crippen LogP contribution in [0.5, 0.6) is 0 Å². The zero-order valence-corrected chi connectivity index (χ0v) is 11.3. The molecule has 0 aliphatic rings. The molecule has 0 aliphatic heterocycles. The van der Waals surface area contributed by atoms with E-state index in [-0.39, 0.29) is 5.91 Å². The molecule has 6 nitrogen and oxygen atoms in total. The van der Waals surface area contributed by atoms with Crippen molar-refractivity contribution in [2.24, 2.45) is 0 Å². The van der Waals surface area contributed by atoms with Crippen LogP contribution < -0.4 is 5.32 Å². The Labute approximate surface area is 119 Å². The molecular weight excluding hydrogens is 278 g/mol. The number of amides is 1. The Bertz CT molecular complexity index is 785. The molecule has 0 fully saturated rings. The fraction of sp³-hybridized carbons (Fsp3) is 0.0769. The Morgan fingerprint density at radius 3 is 2.95 bits per heavy atom. The summed E-state index contributed by atoms with van der Waals surface area (Å²) < 4.78 is 0. The molecule has 2 N–H and O–H groups in total. The van der Waals surface area contributed by atoms with E-state index < -0.39 is 0 Å². The molecule has 1 amide bonds. The van der Waals surface area contributed by atoms with E-state index in [2.05, 4.69) is 25.5 Å². The number of halogens is 1. The van der Waals surface area contributed by atoms with Gasteiger partial charge in [-0.15, -0.1) is 0 Å². The van der Waals surface area contributed by atoms with Crippen molar-refractivity contribution in [2.45, 2.75) is 6.92 Å². The number of carbonyl (C=O) groups is 1. The maximum atomic E-state index is 12.2. The molecule has 2 aromatic heterocycles. The number of carbonyl (C=O) groups excluding carboxylic acids is 1. The third-order valence-electron chi connectivity index (χ3n) is 2.86. The average Bonchev–Trinajstić information content (AvgIpc) is 2.90. The lowest BCUT2D eigenvalue weighted by Crippen LogP contribution is -2.15. The van der Waals surface area contributed by atoms with Crippen LogP contribution in [0.15, 0.2) is 30.6 Å². The van der Waals surface area contributed by atoms with E-state index in [4.69, 9.17) is 11.6 Å². The summed E-state index contributed by atoms with van der Waals surface area (Å²) in [5, 5.41) is 10.3. The highest BCUT2D eigenvalue weighted by molar-refractivity contribution is 6.31. The van der Waals surface area contributed by atoms with Gasteiger partial charge in [0.25, 0.3) is 5.91 Å². The highest BCUT2D eigenvalue weighted by Crippen LogP contribution is 2.20. The molecule has 0 unspecified atom stereocenters. The van der Waals surface area contributed by atoms with E-state index in [1.165, 1.54) is 6.33 Å². The number of H-pyrrole nitrogens is 1. The van der Waals surface area contributed by atoms with Crippen LogP contribution in [-0.4, -0.2) is 26.1 Å². The summed E-state index contributed by atoms with van der Waals surface area (Å²) in [6.45, 7) is 1.77. The van der Waals surface area contributed by atoms with E-state index >= 15 is 0 Å². The summed E-state index contributed by atoms with van der Waals surface area (Å²) in [5.74, 6) is 0.00852. The molecule has 0 saturated heterocycles. The topological polar surface area (TPSA) is 83.6 Å². The Morgan fingerprint density at radius 1 is 1.35 bits per heavy atom. The zero-order chi connectivity index (χ0) is 14.1. The number of nitrogens with one attached hydrogen (secondary N) is 2. The van der Waals surface area contributed by atoms with Crippen LogP contribution in [0.3, 0.4) is 0 Å². The quantitative estimate of drug-likeness (QED) is 0.759. The highest BCUT2D eigenvalue weighted by atomic mass is 35.5. The Hall–Kier alpha value is -2.47. The summed E-state index contributed by atoms with van der Waals surface area (Å²) in [7, 11) is 0. The fourth-order valence-corrected chi connectivity index (χ4v) is 2.07. The number of hydrogen-bond donors (Lipinski definition) is 2. The van der Waals surface area contributed by atoms with Crippen LogP contribution in [0, 0.1) is 6.92 Å². The number of fused-ring (bicyclic) bond motifs is 1. The minimum atomic E-state index is -0.288. The van der Waals surface area contributed by atoms with E-state index in [0.717, 1.165) is 10.9 Å². The first kappa shape index (κ1) is 12.6. The number of rotatable bonds is 2. The van der Waals surface area contributed by atoms with Crippen molar-refractivity contribution in [3.05, 3.63) is 46.9 Å². The van der Waals surface area contributed by atoms with Crippen LogP contribution in [0.1, 0.15) is 16.1 Å². The molecule has 0 radical (unpaired) electrons. The summed E-state index contributed by atoms with van der Waals surface area (Å²) in [4.78, 5) is 20.4. The third-order valence-corrected chi connectivity index (χ3v) is 3.10. The second-order valence-electron chi connectivity index (χ2n) is 4.25. The van der Waals surface area contributed by atoms with Crippen molar-refractivity contribution >= 4 is 34.4 Å². The van der Waals surface area contributed by atoms with Crippen molar-refractivity contribution in [3.8, 4) is 0 Å². The molecule has 7 heteroatoms. The van der Waals surface area contributed by atoms with Gasteiger partial charge in [-0.1, -0.05) is 17.7 Å². The molecule has 0 aliphatic carbocycles. The normalized spacial score (nSPS) is 10.7. The van der Waals surface area contributed by atoms with Gasteiger partial charge in [-0.2, -0.15) is 10.1 Å². The van der Waals surface area contributed by atoms with Gasteiger partial charge in [-0.3, -0.25) is 15.1 Å². The van der Waals surface area contributed by atoms with E-state index in [1.807, 2.05) is 6.07 Å². The molecule has 3 rings (SSSR count). The first-order valence-corrected chi connectivity index (χ1v) is 6.25. The molecule has 100 valence electrons. The lowest BCUT2D eigenvalue weighted by atomic mass is 10.1. The van der Waals surface area contributed by atoms with Gasteiger partial charge in [0.2, 0.25) is 5.95 Å². The SMILES string of the molecule is Cc1nc2cc(Cl)ccc2cc1C(=O)Nc1ncn[nH]1. The van der Waals surface area contributed by atoms with Crippen LogP contribution >= 0.6 is 11.6 Å². The van der Waals surface area contributed by atoms with Crippen molar-refractivity contribution in [2.75, 3.05) is 5.32 Å². The molecular formula is C13H10ClN5O. The largest absolute Gasteiger partial charge is 0.291 e. The lowest BCUT2D eigenvalue weighted by Gasteiger charge is -2.07. The predicted molar refractivity (Wildman–Crippen MR) is 75.8 cm³/mol. The fourth-order valence-electron chi connectivity index (χ4n) is 1.91. The predicted octanol–water partition coefficient (Wildman–Crippen LogP) is 2.57. The Kier molecular flexibility index (Phi) is 3.08. The molecule has 1 aromatic carbocycles. The first-order valence-electron chi connectivity index (χ1n) is 5.87. The molecule has 3 aromatic rings. The van der Waals surface area contributed by atoms with Gasteiger partial charge in [-0.25, -0.2) is 5.10 Å². The zero-order valence-electron chi connectivity index (χ0n) is 10.5. The van der Waals surface area contributed by atoms with Gasteiger partial charge < -0.3 is 0 Å². The standard InChI is InChI=1S/C13H10ClN5O/c1-7-10(12(20)18-13-15-6-16-19-13)4-8-2-3-9(14)5-11(8)17-7/h2-6H,1H3,(H2,15,16,18,19,20). The second-order valence-corrected chi connectivity index (χ2v) is 4.68. The maximum absolute atomic E-state index is 12.2. The minimum Gasteiger partial charge on any atom is -0.291 e. The number of hydrogen-bond acceptors (Lipinski definition) is 4. The van der Waals surface area contributed by atoms with E-state index in [9.17, 15) is 4.79 Å². The lowest BCUT2D eigenvalue weighted by molar-refractivity contribution is 0.102. The maximum Gasteiger partial charge on any atom is 0.259 e. The van der Waals surface area contributed by atoms with Gasteiger partial charge in [-0.05, 0) is 25.1 Å². The smallest absolute Gasteiger partial charge is 0.259 e. The van der Waals surface area contributed by atoms with E-state index in [0.29, 0.717) is 22.2 Å². The van der Waals surface area contributed by atoms with Crippen LogP contribution in [0.25, 0.3) is 10.9 Å². The number of anilines is 1. The van der Waals surface area contributed by atoms with Crippen molar-refractivity contribution in [3.63, 3.8) is 0 Å². The summed E-state index contributed by atoms with van der Waals surface area (Å²) in [6.07, 6.45) is 1.32. The van der Waals surface area contributed by atoms with E-state index in [1.54, 1.807) is 25.1 Å². The van der Waals surface area contributed by atoms with Crippen molar-refractivity contribution < 1.29 is 4.79 Å². The second kappa shape index (κ2) is 4.90. The number of aryl methyl sites for hydroxylation is 1. The summed E-state index contributed by atoms with van der Waals surface area (Å²) in [6, 6.07) is 7.14. The number of pyridine rings is 1. The number of aromatic amines is 1.